The summed E-state index contributed by atoms with van der Waals surface area (Å²) < 4.78 is 0. The Morgan fingerprint density at radius 2 is 1.54 bits per heavy atom. The van der Waals surface area contributed by atoms with Crippen molar-refractivity contribution in [2.75, 3.05) is 0 Å². The second-order valence-corrected chi connectivity index (χ2v) is 8.41. The number of hydrogen-bond acceptors (Lipinski definition) is 2. The number of fused-ring (bicyclic) bond motifs is 1. The lowest BCUT2D eigenvalue weighted by atomic mass is 9.95. The molecule has 2 aromatic carbocycles. The SMILES string of the molecule is CC(=O)N1[C@H](C(=O)N[C@@H](c2ccccc2)c2ccc(C(C)C)cc2)C[C@@H]2C[C@@H]21. The molecule has 1 aliphatic carbocycles. The highest BCUT2D eigenvalue weighted by Gasteiger charge is 2.55. The molecule has 1 saturated carbocycles. The van der Waals surface area contributed by atoms with Crippen molar-refractivity contribution in [3.05, 3.63) is 71.3 Å². The number of piperidine rings is 1. The standard InChI is InChI=1S/C24H28N2O2/c1-15(2)17-9-11-19(12-10-17)23(18-7-5-4-6-8-18)25-24(28)22-14-20-13-21(20)26(22)16(3)27/h4-12,15,20-23H,13-14H2,1-3H3,(H,25,28)/t20-,21-,22-,23-/m0/s1. The van der Waals surface area contributed by atoms with Crippen LogP contribution >= 0.6 is 0 Å². The van der Waals surface area contributed by atoms with Crippen LogP contribution in [0.15, 0.2) is 54.6 Å². The van der Waals surface area contributed by atoms with Crippen molar-refractivity contribution < 1.29 is 9.59 Å². The fourth-order valence-electron chi connectivity index (χ4n) is 4.46. The molecule has 2 aromatic rings. The molecule has 1 aliphatic heterocycles. The van der Waals surface area contributed by atoms with Gasteiger partial charge in [-0.05, 0) is 41.4 Å². The van der Waals surface area contributed by atoms with Gasteiger partial charge in [-0.2, -0.15) is 0 Å². The molecule has 2 fully saturated rings. The van der Waals surface area contributed by atoms with E-state index in [4.69, 9.17) is 0 Å². The summed E-state index contributed by atoms with van der Waals surface area (Å²) in [6, 6.07) is 18.2. The Kier molecular flexibility index (Phi) is 4.96. The van der Waals surface area contributed by atoms with Crippen LogP contribution in [0.1, 0.15) is 62.3 Å². The van der Waals surface area contributed by atoms with Crippen LogP contribution in [0.5, 0.6) is 0 Å². The van der Waals surface area contributed by atoms with Gasteiger partial charge in [-0.25, -0.2) is 0 Å². The molecule has 0 aromatic heterocycles. The van der Waals surface area contributed by atoms with Crippen LogP contribution in [0, 0.1) is 5.92 Å². The molecule has 4 atom stereocenters. The van der Waals surface area contributed by atoms with E-state index >= 15 is 0 Å². The molecule has 0 bridgehead atoms. The van der Waals surface area contributed by atoms with Crippen molar-refractivity contribution in [1.29, 1.82) is 0 Å². The zero-order valence-corrected chi connectivity index (χ0v) is 16.8. The van der Waals surface area contributed by atoms with Crippen LogP contribution < -0.4 is 5.32 Å². The fourth-order valence-corrected chi connectivity index (χ4v) is 4.46. The van der Waals surface area contributed by atoms with Crippen molar-refractivity contribution >= 4 is 11.8 Å². The molecule has 28 heavy (non-hydrogen) atoms. The Hall–Kier alpha value is -2.62. The van der Waals surface area contributed by atoms with Gasteiger partial charge in [0, 0.05) is 13.0 Å². The Balaban J connectivity index is 1.59. The molecule has 146 valence electrons. The lowest BCUT2D eigenvalue weighted by Gasteiger charge is -2.28. The predicted molar refractivity (Wildman–Crippen MR) is 110 cm³/mol. The second kappa shape index (κ2) is 7.42. The second-order valence-electron chi connectivity index (χ2n) is 8.41. The van der Waals surface area contributed by atoms with E-state index in [9.17, 15) is 9.59 Å². The zero-order chi connectivity index (χ0) is 19.8. The molecular weight excluding hydrogens is 348 g/mol. The fraction of sp³-hybridized carbons (Fsp3) is 0.417. The number of likely N-dealkylation sites (tertiary alicyclic amines) is 1. The van der Waals surface area contributed by atoms with Gasteiger partial charge < -0.3 is 10.2 Å². The first-order valence-electron chi connectivity index (χ1n) is 10.2. The number of amides is 2. The molecule has 0 unspecified atom stereocenters. The molecule has 1 heterocycles. The van der Waals surface area contributed by atoms with Gasteiger partial charge >= 0.3 is 0 Å². The van der Waals surface area contributed by atoms with E-state index in [-0.39, 0.29) is 29.9 Å². The van der Waals surface area contributed by atoms with Gasteiger partial charge in [-0.1, -0.05) is 68.4 Å². The number of nitrogens with zero attached hydrogens (tertiary/aromatic N) is 1. The van der Waals surface area contributed by atoms with Crippen molar-refractivity contribution in [2.45, 2.75) is 57.7 Å². The summed E-state index contributed by atoms with van der Waals surface area (Å²) in [5.74, 6) is 0.917. The van der Waals surface area contributed by atoms with Crippen LogP contribution in [-0.4, -0.2) is 28.8 Å². The molecule has 2 amide bonds. The van der Waals surface area contributed by atoms with Gasteiger partial charge in [0.05, 0.1) is 6.04 Å². The Labute approximate surface area is 166 Å². The highest BCUT2D eigenvalue weighted by atomic mass is 16.2. The summed E-state index contributed by atoms with van der Waals surface area (Å²) in [6.07, 6.45) is 1.83. The third kappa shape index (κ3) is 3.56. The van der Waals surface area contributed by atoms with Crippen molar-refractivity contribution in [3.63, 3.8) is 0 Å². The van der Waals surface area contributed by atoms with E-state index < -0.39 is 0 Å². The monoisotopic (exact) mass is 376 g/mol. The van der Waals surface area contributed by atoms with E-state index in [2.05, 4.69) is 43.4 Å². The van der Waals surface area contributed by atoms with Crippen LogP contribution in [-0.2, 0) is 9.59 Å². The Bertz CT molecular complexity index is 860. The summed E-state index contributed by atoms with van der Waals surface area (Å²) in [7, 11) is 0. The van der Waals surface area contributed by atoms with Crippen molar-refractivity contribution in [3.8, 4) is 0 Å². The minimum atomic E-state index is -0.345. The van der Waals surface area contributed by atoms with E-state index in [0.717, 1.165) is 24.0 Å². The average molecular weight is 377 g/mol. The predicted octanol–water partition coefficient (Wildman–Crippen LogP) is 4.02. The smallest absolute Gasteiger partial charge is 0.243 e. The summed E-state index contributed by atoms with van der Waals surface area (Å²) in [5, 5.41) is 3.23. The Morgan fingerprint density at radius 1 is 0.929 bits per heavy atom. The topological polar surface area (TPSA) is 49.4 Å². The maximum Gasteiger partial charge on any atom is 0.243 e. The lowest BCUT2D eigenvalue weighted by molar-refractivity contribution is -0.138. The Morgan fingerprint density at radius 3 is 2.14 bits per heavy atom. The molecule has 2 aliphatic rings. The quantitative estimate of drug-likeness (QED) is 0.857. The number of benzene rings is 2. The third-order valence-corrected chi connectivity index (χ3v) is 6.13. The first-order valence-corrected chi connectivity index (χ1v) is 10.2. The van der Waals surface area contributed by atoms with E-state index in [1.54, 1.807) is 11.8 Å². The third-order valence-electron chi connectivity index (χ3n) is 6.13. The summed E-state index contributed by atoms with van der Waals surface area (Å²) in [4.78, 5) is 27.0. The van der Waals surface area contributed by atoms with Gasteiger partial charge in [0.1, 0.15) is 6.04 Å². The summed E-state index contributed by atoms with van der Waals surface area (Å²) >= 11 is 0. The maximum absolute atomic E-state index is 13.2. The molecule has 4 nitrogen and oxygen atoms in total. The van der Waals surface area contributed by atoms with Crippen LogP contribution in [0.2, 0.25) is 0 Å². The van der Waals surface area contributed by atoms with E-state index in [0.29, 0.717) is 11.8 Å². The summed E-state index contributed by atoms with van der Waals surface area (Å²) in [6.45, 7) is 5.92. The molecular formula is C24H28N2O2. The van der Waals surface area contributed by atoms with Crippen LogP contribution in [0.25, 0.3) is 0 Å². The van der Waals surface area contributed by atoms with Gasteiger partial charge in [-0.15, -0.1) is 0 Å². The maximum atomic E-state index is 13.2. The number of hydrogen-bond donors (Lipinski definition) is 1. The minimum absolute atomic E-state index is 0.00250. The van der Waals surface area contributed by atoms with Crippen molar-refractivity contribution in [2.24, 2.45) is 5.92 Å². The van der Waals surface area contributed by atoms with Crippen LogP contribution in [0.3, 0.4) is 0 Å². The molecule has 4 rings (SSSR count). The van der Waals surface area contributed by atoms with Crippen molar-refractivity contribution in [1.82, 2.24) is 10.2 Å². The molecule has 4 heteroatoms. The minimum Gasteiger partial charge on any atom is -0.343 e. The van der Waals surface area contributed by atoms with E-state index in [1.807, 2.05) is 30.3 Å². The first kappa shape index (κ1) is 18.7. The largest absolute Gasteiger partial charge is 0.343 e. The van der Waals surface area contributed by atoms with E-state index in [1.165, 1.54) is 5.56 Å². The first-order chi connectivity index (χ1) is 13.5. The average Bonchev–Trinajstić information content (AvgIpc) is 3.35. The molecule has 0 spiro atoms. The van der Waals surface area contributed by atoms with Gasteiger partial charge in [-0.3, -0.25) is 9.59 Å². The number of nitrogens with one attached hydrogen (secondary N) is 1. The van der Waals surface area contributed by atoms with Gasteiger partial charge in [0.2, 0.25) is 11.8 Å². The molecule has 1 N–H and O–H groups in total. The zero-order valence-electron chi connectivity index (χ0n) is 16.8. The van der Waals surface area contributed by atoms with Crippen LogP contribution in [0.4, 0.5) is 0 Å². The number of carbonyl (C=O) groups is 2. The molecule has 0 radical (unpaired) electrons. The van der Waals surface area contributed by atoms with Gasteiger partial charge in [0.15, 0.2) is 0 Å². The highest BCUT2D eigenvalue weighted by molar-refractivity contribution is 5.88. The number of carbonyl (C=O) groups excluding carboxylic acids is 2. The lowest BCUT2D eigenvalue weighted by Crippen LogP contribution is -2.48. The number of rotatable bonds is 5. The highest BCUT2D eigenvalue weighted by Crippen LogP contribution is 2.48. The summed E-state index contributed by atoms with van der Waals surface area (Å²) in [5.41, 5.74) is 3.38. The normalized spacial score (nSPS) is 24.0. The molecule has 1 saturated heterocycles. The van der Waals surface area contributed by atoms with Gasteiger partial charge in [0.25, 0.3) is 0 Å².